The Balaban J connectivity index is 1.94. The molecule has 5 N–H and O–H groups in total. The molecular weight excluding hydrogens is 384 g/mol. The number of rotatable bonds is 8. The molecule has 2 aromatic carbocycles. The molecule has 0 spiro atoms. The van der Waals surface area contributed by atoms with E-state index in [1.807, 2.05) is 0 Å². The summed E-state index contributed by atoms with van der Waals surface area (Å²) in [6.45, 7) is -0.0242. The van der Waals surface area contributed by atoms with E-state index in [2.05, 4.69) is 15.4 Å². The quantitative estimate of drug-likeness (QED) is 0.478. The lowest BCUT2D eigenvalue weighted by Gasteiger charge is -2.08. The van der Waals surface area contributed by atoms with Crippen LogP contribution in [0.15, 0.2) is 53.4 Å². The van der Waals surface area contributed by atoms with Crippen LogP contribution in [0.3, 0.4) is 0 Å². The van der Waals surface area contributed by atoms with E-state index in [-0.39, 0.29) is 23.9 Å². The Morgan fingerprint density at radius 1 is 0.857 bits per heavy atom. The molecule has 0 aromatic heterocycles. The van der Waals surface area contributed by atoms with Gasteiger partial charge in [-0.3, -0.25) is 14.4 Å². The average molecular weight is 404 g/mol. The highest BCUT2D eigenvalue weighted by Gasteiger charge is 2.12. The Morgan fingerprint density at radius 3 is 1.86 bits per heavy atom. The summed E-state index contributed by atoms with van der Waals surface area (Å²) in [7, 11) is -2.25. The topological polar surface area (TPSA) is 147 Å². The maximum absolute atomic E-state index is 12.2. The van der Waals surface area contributed by atoms with E-state index in [0.29, 0.717) is 11.1 Å². The first-order chi connectivity index (χ1) is 13.2. The molecule has 0 fully saturated rings. The third-order valence-corrected chi connectivity index (χ3v) is 5.22. The number of benzene rings is 2. The number of carbonyl (C=O) groups is 3. The van der Waals surface area contributed by atoms with Crippen LogP contribution in [-0.4, -0.2) is 39.7 Å². The largest absolute Gasteiger partial charge is 0.368 e. The van der Waals surface area contributed by atoms with Gasteiger partial charge in [0, 0.05) is 17.7 Å². The zero-order valence-electron chi connectivity index (χ0n) is 15.1. The smallest absolute Gasteiger partial charge is 0.251 e. The molecule has 0 aliphatic rings. The lowest BCUT2D eigenvalue weighted by atomic mass is 10.1. The summed E-state index contributed by atoms with van der Waals surface area (Å²) in [5.74, 6) is -1.42. The molecule has 9 nitrogen and oxygen atoms in total. The predicted octanol–water partition coefficient (Wildman–Crippen LogP) is -0.260. The Morgan fingerprint density at radius 2 is 1.36 bits per heavy atom. The van der Waals surface area contributed by atoms with Crippen molar-refractivity contribution in [1.29, 1.82) is 0 Å². The van der Waals surface area contributed by atoms with Gasteiger partial charge in [-0.2, -0.15) is 0 Å². The average Bonchev–Trinajstić information content (AvgIpc) is 2.70. The van der Waals surface area contributed by atoms with Crippen LogP contribution in [0.5, 0.6) is 0 Å². The molecular formula is C18H20N4O5S. The highest BCUT2D eigenvalue weighted by Crippen LogP contribution is 2.10. The zero-order chi connectivity index (χ0) is 20.7. The fourth-order valence-corrected chi connectivity index (χ4v) is 2.96. The summed E-state index contributed by atoms with van der Waals surface area (Å²) in [6, 6.07) is 12.0. The molecule has 0 bridgehead atoms. The van der Waals surface area contributed by atoms with E-state index >= 15 is 0 Å². The van der Waals surface area contributed by atoms with E-state index in [4.69, 9.17) is 5.73 Å². The van der Waals surface area contributed by atoms with Crippen molar-refractivity contribution in [2.45, 2.75) is 11.4 Å². The Bertz CT molecular complexity index is 970. The summed E-state index contributed by atoms with van der Waals surface area (Å²) < 4.78 is 25.6. The fraction of sp³-hybridized carbons (Fsp3) is 0.167. The second-order valence-corrected chi connectivity index (χ2v) is 7.65. The molecule has 3 amide bonds. The van der Waals surface area contributed by atoms with Crippen molar-refractivity contribution < 1.29 is 22.8 Å². The normalized spacial score (nSPS) is 10.9. The van der Waals surface area contributed by atoms with Gasteiger partial charge in [0.2, 0.25) is 15.9 Å². The van der Waals surface area contributed by atoms with Crippen LogP contribution in [0, 0.1) is 0 Å². The van der Waals surface area contributed by atoms with E-state index < -0.39 is 21.8 Å². The predicted molar refractivity (Wildman–Crippen MR) is 102 cm³/mol. The molecule has 10 heteroatoms. The second-order valence-electron chi connectivity index (χ2n) is 5.76. The number of hydrogen-bond donors (Lipinski definition) is 4. The highest BCUT2D eigenvalue weighted by atomic mass is 32.2. The van der Waals surface area contributed by atoms with Gasteiger partial charge in [-0.25, -0.2) is 13.1 Å². The molecule has 2 aromatic rings. The van der Waals surface area contributed by atoms with Gasteiger partial charge >= 0.3 is 0 Å². The SMILES string of the molecule is CNS(=O)(=O)c1ccc(C(=O)NCc2ccc(C(=O)NCC(N)=O)cc2)cc1. The molecule has 0 atom stereocenters. The lowest BCUT2D eigenvalue weighted by molar-refractivity contribution is -0.117. The monoisotopic (exact) mass is 404 g/mol. The van der Waals surface area contributed by atoms with Gasteiger partial charge in [-0.1, -0.05) is 12.1 Å². The molecule has 2 rings (SSSR count). The van der Waals surface area contributed by atoms with E-state index in [0.717, 1.165) is 5.56 Å². The van der Waals surface area contributed by atoms with Crippen LogP contribution in [0.25, 0.3) is 0 Å². The Hall–Kier alpha value is -3.24. The minimum Gasteiger partial charge on any atom is -0.368 e. The number of nitrogens with two attached hydrogens (primary N) is 1. The molecule has 0 heterocycles. The zero-order valence-corrected chi connectivity index (χ0v) is 15.9. The number of nitrogens with one attached hydrogen (secondary N) is 3. The van der Waals surface area contributed by atoms with E-state index in [9.17, 15) is 22.8 Å². The lowest BCUT2D eigenvalue weighted by Crippen LogP contribution is -2.33. The first-order valence-electron chi connectivity index (χ1n) is 8.20. The maximum atomic E-state index is 12.2. The summed E-state index contributed by atoms with van der Waals surface area (Å²) >= 11 is 0. The second kappa shape index (κ2) is 9.11. The number of carbonyl (C=O) groups excluding carboxylic acids is 3. The van der Waals surface area contributed by atoms with Gasteiger partial charge in [0.15, 0.2) is 0 Å². The molecule has 0 saturated carbocycles. The van der Waals surface area contributed by atoms with Crippen LogP contribution in [0.2, 0.25) is 0 Å². The van der Waals surface area contributed by atoms with Crippen LogP contribution >= 0.6 is 0 Å². The number of amides is 3. The number of primary amides is 1. The van der Waals surface area contributed by atoms with Crippen LogP contribution in [0.4, 0.5) is 0 Å². The maximum Gasteiger partial charge on any atom is 0.251 e. The van der Waals surface area contributed by atoms with Gasteiger partial charge in [0.05, 0.1) is 11.4 Å². The summed E-state index contributed by atoms with van der Waals surface area (Å²) in [5, 5.41) is 5.09. The molecule has 0 unspecified atom stereocenters. The van der Waals surface area contributed by atoms with Crippen molar-refractivity contribution in [1.82, 2.24) is 15.4 Å². The Kier molecular flexibility index (Phi) is 6.85. The fourth-order valence-electron chi connectivity index (χ4n) is 2.23. The van der Waals surface area contributed by atoms with Crippen molar-refractivity contribution in [3.05, 3.63) is 65.2 Å². The molecule has 0 radical (unpaired) electrons. The first kappa shape index (κ1) is 21.1. The molecule has 148 valence electrons. The van der Waals surface area contributed by atoms with Crippen molar-refractivity contribution >= 4 is 27.7 Å². The van der Waals surface area contributed by atoms with Gasteiger partial charge in [0.1, 0.15) is 0 Å². The van der Waals surface area contributed by atoms with Gasteiger partial charge in [-0.15, -0.1) is 0 Å². The summed E-state index contributed by atoms with van der Waals surface area (Å²) in [5.41, 5.74) is 6.40. The highest BCUT2D eigenvalue weighted by molar-refractivity contribution is 7.89. The van der Waals surface area contributed by atoms with Crippen molar-refractivity contribution in [2.75, 3.05) is 13.6 Å². The van der Waals surface area contributed by atoms with Crippen LogP contribution in [0.1, 0.15) is 26.3 Å². The van der Waals surface area contributed by atoms with Crippen molar-refractivity contribution in [2.24, 2.45) is 5.73 Å². The molecule has 0 saturated heterocycles. The third-order valence-electron chi connectivity index (χ3n) is 3.79. The van der Waals surface area contributed by atoms with Crippen LogP contribution < -0.4 is 21.1 Å². The number of hydrogen-bond acceptors (Lipinski definition) is 5. The van der Waals surface area contributed by atoms with Gasteiger partial charge in [-0.05, 0) is 49.0 Å². The minimum absolute atomic E-state index is 0.0664. The van der Waals surface area contributed by atoms with Crippen molar-refractivity contribution in [3.8, 4) is 0 Å². The van der Waals surface area contributed by atoms with Gasteiger partial charge < -0.3 is 16.4 Å². The van der Waals surface area contributed by atoms with Gasteiger partial charge in [0.25, 0.3) is 11.8 Å². The molecule has 28 heavy (non-hydrogen) atoms. The third kappa shape index (κ3) is 5.63. The standard InChI is InChI=1S/C18H20N4O5S/c1-20-28(26,27)15-8-6-14(7-9-15)17(24)21-10-12-2-4-13(5-3-12)18(25)22-11-16(19)23/h2-9,20H,10-11H2,1H3,(H2,19,23)(H,21,24)(H,22,25). The van der Waals surface area contributed by atoms with Crippen molar-refractivity contribution in [3.63, 3.8) is 0 Å². The van der Waals surface area contributed by atoms with Crippen LogP contribution in [-0.2, 0) is 21.4 Å². The summed E-state index contributed by atoms with van der Waals surface area (Å²) in [6.07, 6.45) is 0. The summed E-state index contributed by atoms with van der Waals surface area (Å²) in [4.78, 5) is 34.7. The van der Waals surface area contributed by atoms with E-state index in [1.165, 1.54) is 31.3 Å². The number of sulfonamides is 1. The van der Waals surface area contributed by atoms with E-state index in [1.54, 1.807) is 24.3 Å². The molecule has 0 aliphatic heterocycles. The Labute approximate surface area is 162 Å². The molecule has 0 aliphatic carbocycles. The minimum atomic E-state index is -3.56. The first-order valence-corrected chi connectivity index (χ1v) is 9.68.